The molecule has 90 valence electrons. The van der Waals surface area contributed by atoms with Crippen molar-refractivity contribution in [2.75, 3.05) is 5.32 Å². The number of nitrogens with zero attached hydrogens (tertiary/aromatic N) is 1. The predicted octanol–water partition coefficient (Wildman–Crippen LogP) is 3.01. The molecule has 5 nitrogen and oxygen atoms in total. The Balaban J connectivity index is 1.90. The van der Waals surface area contributed by atoms with Gasteiger partial charge in [-0.25, -0.2) is 4.79 Å². The molecule has 7 heteroatoms. The van der Waals surface area contributed by atoms with Crippen LogP contribution in [0.15, 0.2) is 24.5 Å². The van der Waals surface area contributed by atoms with Crippen LogP contribution in [0.4, 0.5) is 10.5 Å². The average molecular weight is 271 g/mol. The number of carbonyl (C=O) groups is 1. The van der Waals surface area contributed by atoms with Gasteiger partial charge in [0.25, 0.3) is 0 Å². The van der Waals surface area contributed by atoms with Crippen molar-refractivity contribution in [2.45, 2.75) is 13.0 Å². The van der Waals surface area contributed by atoms with Crippen molar-refractivity contribution in [3.63, 3.8) is 0 Å². The van der Waals surface area contributed by atoms with Crippen molar-refractivity contribution in [1.29, 1.82) is 0 Å². The molecule has 2 aromatic rings. The zero-order chi connectivity index (χ0) is 12.3. The Morgan fingerprint density at radius 3 is 3.00 bits per heavy atom. The molecule has 0 aromatic carbocycles. The van der Waals surface area contributed by atoms with E-state index in [1.807, 2.05) is 19.1 Å². The van der Waals surface area contributed by atoms with Gasteiger partial charge in [0.05, 0.1) is 22.3 Å². The van der Waals surface area contributed by atoms with E-state index in [1.165, 1.54) is 17.5 Å². The molecule has 1 atom stereocenters. The maximum absolute atomic E-state index is 11.6. The van der Waals surface area contributed by atoms with Crippen LogP contribution in [0.5, 0.6) is 0 Å². The highest BCUT2D eigenvalue weighted by Crippen LogP contribution is 2.26. The summed E-state index contributed by atoms with van der Waals surface area (Å²) in [5, 5.41) is 11.8. The van der Waals surface area contributed by atoms with Gasteiger partial charge >= 0.3 is 6.03 Å². The fraction of sp³-hybridized carbons (Fsp3) is 0.200. The Bertz CT molecular complexity index is 496. The number of urea groups is 1. The minimum Gasteiger partial charge on any atom is -0.331 e. The molecule has 0 saturated carbocycles. The van der Waals surface area contributed by atoms with Crippen molar-refractivity contribution < 1.29 is 4.79 Å². The number of amides is 2. The van der Waals surface area contributed by atoms with Gasteiger partial charge in [-0.15, -0.1) is 11.3 Å². The number of anilines is 1. The van der Waals surface area contributed by atoms with Gasteiger partial charge in [-0.1, -0.05) is 11.6 Å². The van der Waals surface area contributed by atoms with Gasteiger partial charge < -0.3 is 10.6 Å². The van der Waals surface area contributed by atoms with Gasteiger partial charge in [0.2, 0.25) is 0 Å². The summed E-state index contributed by atoms with van der Waals surface area (Å²) in [6, 6.07) is 3.35. The molecule has 0 aliphatic carbocycles. The third-order valence-electron chi connectivity index (χ3n) is 2.12. The molecule has 2 aromatic heterocycles. The van der Waals surface area contributed by atoms with Gasteiger partial charge in [0.15, 0.2) is 0 Å². The number of rotatable bonds is 3. The molecule has 3 N–H and O–H groups in total. The van der Waals surface area contributed by atoms with Crippen LogP contribution in [-0.2, 0) is 0 Å². The van der Waals surface area contributed by atoms with E-state index in [4.69, 9.17) is 11.6 Å². The number of aromatic amines is 1. The number of nitrogens with one attached hydrogen (secondary N) is 3. The normalized spacial score (nSPS) is 12.1. The summed E-state index contributed by atoms with van der Waals surface area (Å²) < 4.78 is 0.712. The third-order valence-corrected chi connectivity index (χ3v) is 3.54. The summed E-state index contributed by atoms with van der Waals surface area (Å²) in [7, 11) is 0. The van der Waals surface area contributed by atoms with Gasteiger partial charge in [-0.2, -0.15) is 5.10 Å². The standard InChI is InChI=1S/C10H11ClN4OS/c1-6(8-2-3-9(11)17-8)14-10(16)15-7-4-12-13-5-7/h2-6H,1H3,(H,12,13)(H2,14,15,16)/t6-/m1/s1. The Morgan fingerprint density at radius 2 is 2.41 bits per heavy atom. The van der Waals surface area contributed by atoms with Crippen LogP contribution in [0, 0.1) is 0 Å². The predicted molar refractivity (Wildman–Crippen MR) is 68.5 cm³/mol. The highest BCUT2D eigenvalue weighted by atomic mass is 35.5. The van der Waals surface area contributed by atoms with E-state index in [0.717, 1.165) is 4.88 Å². The van der Waals surface area contributed by atoms with E-state index >= 15 is 0 Å². The lowest BCUT2D eigenvalue weighted by atomic mass is 10.3. The van der Waals surface area contributed by atoms with E-state index in [1.54, 1.807) is 6.20 Å². The molecule has 0 unspecified atom stereocenters. The second-order valence-electron chi connectivity index (χ2n) is 3.45. The SMILES string of the molecule is C[C@@H](NC(=O)Nc1cn[nH]c1)c1ccc(Cl)s1. The smallest absolute Gasteiger partial charge is 0.319 e. The molecular weight excluding hydrogens is 260 g/mol. The minimum absolute atomic E-state index is 0.0839. The van der Waals surface area contributed by atoms with Crippen molar-refractivity contribution in [1.82, 2.24) is 15.5 Å². The fourth-order valence-electron chi connectivity index (χ4n) is 1.32. The summed E-state index contributed by atoms with van der Waals surface area (Å²) in [5.41, 5.74) is 0.624. The summed E-state index contributed by atoms with van der Waals surface area (Å²) in [5.74, 6) is 0. The van der Waals surface area contributed by atoms with Gasteiger partial charge in [-0.3, -0.25) is 5.10 Å². The quantitative estimate of drug-likeness (QED) is 0.802. The van der Waals surface area contributed by atoms with E-state index in [2.05, 4.69) is 20.8 Å². The Labute approximate surface area is 107 Å². The molecule has 2 heterocycles. The number of hydrogen-bond donors (Lipinski definition) is 3. The monoisotopic (exact) mass is 270 g/mol. The highest BCUT2D eigenvalue weighted by Gasteiger charge is 2.11. The fourth-order valence-corrected chi connectivity index (χ4v) is 2.38. The maximum Gasteiger partial charge on any atom is 0.319 e. The maximum atomic E-state index is 11.6. The highest BCUT2D eigenvalue weighted by molar-refractivity contribution is 7.16. The molecule has 0 aliphatic rings. The van der Waals surface area contributed by atoms with Crippen LogP contribution in [0.1, 0.15) is 17.8 Å². The molecule has 0 saturated heterocycles. The summed E-state index contributed by atoms with van der Waals surface area (Å²) in [6.07, 6.45) is 3.14. The minimum atomic E-state index is -0.275. The first-order chi connectivity index (χ1) is 8.15. The first-order valence-corrected chi connectivity index (χ1v) is 6.16. The zero-order valence-electron chi connectivity index (χ0n) is 9.03. The molecular formula is C10H11ClN4OS. The lowest BCUT2D eigenvalue weighted by molar-refractivity contribution is 0.249. The van der Waals surface area contributed by atoms with Crippen molar-refractivity contribution in [2.24, 2.45) is 0 Å². The molecule has 0 aliphatic heterocycles. The molecule has 0 bridgehead atoms. The van der Waals surface area contributed by atoms with Crippen LogP contribution < -0.4 is 10.6 Å². The van der Waals surface area contributed by atoms with Gasteiger partial charge in [0.1, 0.15) is 0 Å². The Hall–Kier alpha value is -1.53. The van der Waals surface area contributed by atoms with Crippen LogP contribution in [0.25, 0.3) is 0 Å². The van der Waals surface area contributed by atoms with Crippen LogP contribution >= 0.6 is 22.9 Å². The number of aromatic nitrogens is 2. The van der Waals surface area contributed by atoms with Crippen molar-refractivity contribution >= 4 is 34.7 Å². The van der Waals surface area contributed by atoms with Crippen LogP contribution in [-0.4, -0.2) is 16.2 Å². The van der Waals surface area contributed by atoms with E-state index < -0.39 is 0 Å². The number of carbonyl (C=O) groups excluding carboxylic acids is 1. The lowest BCUT2D eigenvalue weighted by Gasteiger charge is -2.12. The summed E-state index contributed by atoms with van der Waals surface area (Å²) in [6.45, 7) is 1.90. The summed E-state index contributed by atoms with van der Waals surface area (Å²) >= 11 is 7.28. The second-order valence-corrected chi connectivity index (χ2v) is 5.20. The average Bonchev–Trinajstić information content (AvgIpc) is 2.89. The molecule has 2 rings (SSSR count). The lowest BCUT2D eigenvalue weighted by Crippen LogP contribution is -2.30. The van der Waals surface area contributed by atoms with E-state index in [0.29, 0.717) is 10.0 Å². The van der Waals surface area contributed by atoms with E-state index in [-0.39, 0.29) is 12.1 Å². The molecule has 0 fully saturated rings. The molecule has 17 heavy (non-hydrogen) atoms. The molecule has 2 amide bonds. The van der Waals surface area contributed by atoms with Crippen molar-refractivity contribution in [3.8, 4) is 0 Å². The van der Waals surface area contributed by atoms with Crippen molar-refractivity contribution in [3.05, 3.63) is 33.7 Å². The van der Waals surface area contributed by atoms with Gasteiger partial charge in [-0.05, 0) is 19.1 Å². The number of hydrogen-bond acceptors (Lipinski definition) is 3. The Kier molecular flexibility index (Phi) is 3.65. The van der Waals surface area contributed by atoms with E-state index in [9.17, 15) is 4.79 Å². The van der Waals surface area contributed by atoms with Gasteiger partial charge in [0, 0.05) is 11.1 Å². The summed E-state index contributed by atoms with van der Waals surface area (Å²) in [4.78, 5) is 12.6. The number of thiophene rings is 1. The first kappa shape index (κ1) is 11.9. The largest absolute Gasteiger partial charge is 0.331 e. The van der Waals surface area contributed by atoms with Crippen LogP contribution in [0.2, 0.25) is 4.34 Å². The second kappa shape index (κ2) is 5.20. The molecule has 0 spiro atoms. The number of halogens is 1. The number of H-pyrrole nitrogens is 1. The van der Waals surface area contributed by atoms with Crippen LogP contribution in [0.3, 0.4) is 0 Å². The molecule has 0 radical (unpaired) electrons. The first-order valence-electron chi connectivity index (χ1n) is 4.96. The zero-order valence-corrected chi connectivity index (χ0v) is 10.6. The third kappa shape index (κ3) is 3.21. The Morgan fingerprint density at radius 1 is 1.59 bits per heavy atom. The topological polar surface area (TPSA) is 69.8 Å².